The molecule has 1 amide bonds. The molecular weight excluding hydrogens is 412 g/mol. The lowest BCUT2D eigenvalue weighted by Crippen LogP contribution is -2.48. The van der Waals surface area contributed by atoms with E-state index >= 15 is 0 Å². The molecule has 1 aromatic carbocycles. The monoisotopic (exact) mass is 436 g/mol. The first kappa shape index (κ1) is 21.4. The Balaban J connectivity index is 1.54. The Bertz CT molecular complexity index is 1250. The Labute approximate surface area is 184 Å². The van der Waals surface area contributed by atoms with Crippen LogP contribution in [0.1, 0.15) is 22.4 Å². The van der Waals surface area contributed by atoms with Crippen molar-refractivity contribution in [3.63, 3.8) is 0 Å². The summed E-state index contributed by atoms with van der Waals surface area (Å²) in [5.74, 6) is 0.435. The van der Waals surface area contributed by atoms with Crippen molar-refractivity contribution in [2.75, 3.05) is 13.7 Å². The van der Waals surface area contributed by atoms with Gasteiger partial charge >= 0.3 is 11.8 Å². The van der Waals surface area contributed by atoms with Gasteiger partial charge in [-0.2, -0.15) is 0 Å². The summed E-state index contributed by atoms with van der Waals surface area (Å²) in [6.45, 7) is 0.691. The molecule has 0 aliphatic carbocycles. The molecule has 166 valence electrons. The van der Waals surface area contributed by atoms with Gasteiger partial charge in [-0.15, -0.1) is 0 Å². The maximum Gasteiger partial charge on any atom is 0.410 e. The van der Waals surface area contributed by atoms with E-state index in [1.807, 2.05) is 30.3 Å². The maximum absolute atomic E-state index is 13.2. The molecular formula is C23H24N4O5. The van der Waals surface area contributed by atoms with E-state index in [0.717, 1.165) is 11.1 Å². The third-order valence-electron chi connectivity index (χ3n) is 5.55. The molecule has 9 heteroatoms. The van der Waals surface area contributed by atoms with Gasteiger partial charge in [0.15, 0.2) is 0 Å². The summed E-state index contributed by atoms with van der Waals surface area (Å²) in [4.78, 5) is 44.1. The van der Waals surface area contributed by atoms with E-state index in [1.165, 1.54) is 21.1 Å². The lowest BCUT2D eigenvalue weighted by molar-refractivity contribution is 0.0908. The SMILES string of the molecule is COc1cc(COC(=O)N2CCc3c(c(=O)n(Cc4ccccc4)c(=O)n3C)C2)ccn1. The second-order valence-corrected chi connectivity index (χ2v) is 7.58. The van der Waals surface area contributed by atoms with Crippen molar-refractivity contribution >= 4 is 6.09 Å². The normalized spacial score (nSPS) is 12.9. The number of carbonyl (C=O) groups is 1. The first-order valence-electron chi connectivity index (χ1n) is 10.2. The Morgan fingerprint density at radius 1 is 1.12 bits per heavy atom. The van der Waals surface area contributed by atoms with Crippen LogP contribution in [0.3, 0.4) is 0 Å². The molecule has 0 spiro atoms. The van der Waals surface area contributed by atoms with Gasteiger partial charge in [-0.25, -0.2) is 14.6 Å². The number of methoxy groups -OCH3 is 1. The van der Waals surface area contributed by atoms with Crippen LogP contribution < -0.4 is 16.0 Å². The number of rotatable bonds is 5. The summed E-state index contributed by atoms with van der Waals surface area (Å²) >= 11 is 0. The largest absolute Gasteiger partial charge is 0.481 e. The van der Waals surface area contributed by atoms with Crippen molar-refractivity contribution in [1.82, 2.24) is 19.0 Å². The molecule has 0 bridgehead atoms. The molecule has 3 aromatic rings. The molecule has 1 aliphatic rings. The van der Waals surface area contributed by atoms with Crippen molar-refractivity contribution < 1.29 is 14.3 Å². The second kappa shape index (κ2) is 9.09. The van der Waals surface area contributed by atoms with Gasteiger partial charge in [0, 0.05) is 38.0 Å². The van der Waals surface area contributed by atoms with E-state index in [-0.39, 0.29) is 30.9 Å². The van der Waals surface area contributed by atoms with Gasteiger partial charge in [0.05, 0.1) is 25.8 Å². The van der Waals surface area contributed by atoms with Gasteiger partial charge in [0.2, 0.25) is 5.88 Å². The fourth-order valence-corrected chi connectivity index (χ4v) is 3.81. The zero-order valence-electron chi connectivity index (χ0n) is 18.0. The van der Waals surface area contributed by atoms with Gasteiger partial charge in [0.1, 0.15) is 6.61 Å². The van der Waals surface area contributed by atoms with Crippen LogP contribution in [0.5, 0.6) is 5.88 Å². The number of benzene rings is 1. The standard InChI is InChI=1S/C23H24N4O5/c1-25-19-9-11-26(23(30)32-15-17-8-10-24-20(12-17)31-2)14-18(19)21(28)27(22(25)29)13-16-6-4-3-5-7-16/h3-8,10,12H,9,11,13-15H2,1-2H3. The maximum atomic E-state index is 13.2. The van der Waals surface area contributed by atoms with Gasteiger partial charge in [-0.3, -0.25) is 9.36 Å². The fourth-order valence-electron chi connectivity index (χ4n) is 3.81. The highest BCUT2D eigenvalue weighted by Crippen LogP contribution is 2.17. The summed E-state index contributed by atoms with van der Waals surface area (Å²) in [5, 5.41) is 0. The summed E-state index contributed by atoms with van der Waals surface area (Å²) in [7, 11) is 3.17. The summed E-state index contributed by atoms with van der Waals surface area (Å²) in [6.07, 6.45) is 1.46. The smallest absolute Gasteiger partial charge is 0.410 e. The number of pyridine rings is 1. The fraction of sp³-hybridized carbons (Fsp3) is 0.304. The number of carbonyl (C=O) groups excluding carboxylic acids is 1. The third-order valence-corrected chi connectivity index (χ3v) is 5.55. The van der Waals surface area contributed by atoms with Gasteiger partial charge in [-0.05, 0) is 17.2 Å². The van der Waals surface area contributed by atoms with Crippen LogP contribution in [-0.4, -0.2) is 38.8 Å². The highest BCUT2D eigenvalue weighted by Gasteiger charge is 2.27. The van der Waals surface area contributed by atoms with Gasteiger partial charge in [-0.1, -0.05) is 30.3 Å². The van der Waals surface area contributed by atoms with Crippen LogP contribution in [0.4, 0.5) is 4.79 Å². The number of fused-ring (bicyclic) bond motifs is 1. The molecule has 32 heavy (non-hydrogen) atoms. The molecule has 0 atom stereocenters. The van der Waals surface area contributed by atoms with E-state index in [4.69, 9.17) is 9.47 Å². The predicted molar refractivity (Wildman–Crippen MR) is 117 cm³/mol. The van der Waals surface area contributed by atoms with Crippen LogP contribution in [-0.2, 0) is 37.9 Å². The van der Waals surface area contributed by atoms with Gasteiger partial charge in [0.25, 0.3) is 5.56 Å². The van der Waals surface area contributed by atoms with Crippen LogP contribution in [0.2, 0.25) is 0 Å². The number of amides is 1. The van der Waals surface area contributed by atoms with E-state index in [0.29, 0.717) is 30.1 Å². The van der Waals surface area contributed by atoms with Crippen molar-refractivity contribution in [1.29, 1.82) is 0 Å². The average Bonchev–Trinajstić information content (AvgIpc) is 2.84. The Hall–Kier alpha value is -3.88. The molecule has 2 aromatic heterocycles. The first-order chi connectivity index (χ1) is 15.5. The summed E-state index contributed by atoms with van der Waals surface area (Å²) in [5.41, 5.74) is 1.97. The summed E-state index contributed by atoms with van der Waals surface area (Å²) in [6, 6.07) is 12.8. The topological polar surface area (TPSA) is 95.7 Å². The lowest BCUT2D eigenvalue weighted by atomic mass is 10.1. The van der Waals surface area contributed by atoms with E-state index in [2.05, 4.69) is 4.98 Å². The average molecular weight is 436 g/mol. The minimum atomic E-state index is -0.519. The van der Waals surface area contributed by atoms with Crippen LogP contribution in [0.15, 0.2) is 58.3 Å². The quantitative estimate of drug-likeness (QED) is 0.604. The molecule has 0 saturated heterocycles. The first-order valence-corrected chi connectivity index (χ1v) is 10.2. The Morgan fingerprint density at radius 2 is 1.91 bits per heavy atom. The van der Waals surface area contributed by atoms with Crippen molar-refractivity contribution in [2.45, 2.75) is 26.1 Å². The minimum absolute atomic E-state index is 0.0621. The Morgan fingerprint density at radius 3 is 2.66 bits per heavy atom. The molecule has 3 heterocycles. The van der Waals surface area contributed by atoms with Gasteiger partial charge < -0.3 is 18.9 Å². The third kappa shape index (κ3) is 4.27. The number of aromatic nitrogens is 3. The minimum Gasteiger partial charge on any atom is -0.481 e. The van der Waals surface area contributed by atoms with E-state index < -0.39 is 6.09 Å². The van der Waals surface area contributed by atoms with Crippen molar-refractivity contribution in [3.8, 4) is 5.88 Å². The Kier molecular flexibility index (Phi) is 6.07. The van der Waals surface area contributed by atoms with Crippen LogP contribution >= 0.6 is 0 Å². The second-order valence-electron chi connectivity index (χ2n) is 7.58. The number of nitrogens with zero attached hydrogens (tertiary/aromatic N) is 4. The van der Waals surface area contributed by atoms with Crippen LogP contribution in [0, 0.1) is 0 Å². The number of hydrogen-bond acceptors (Lipinski definition) is 6. The van der Waals surface area contributed by atoms with Crippen LogP contribution in [0.25, 0.3) is 0 Å². The molecule has 0 N–H and O–H groups in total. The molecule has 0 radical (unpaired) electrons. The lowest BCUT2D eigenvalue weighted by Gasteiger charge is -2.29. The van der Waals surface area contributed by atoms with Crippen molar-refractivity contribution in [3.05, 3.63) is 91.9 Å². The molecule has 0 saturated carbocycles. The molecule has 1 aliphatic heterocycles. The molecule has 4 rings (SSSR count). The molecule has 0 fully saturated rings. The molecule has 9 nitrogen and oxygen atoms in total. The number of ether oxygens (including phenoxy) is 2. The zero-order chi connectivity index (χ0) is 22.7. The highest BCUT2D eigenvalue weighted by molar-refractivity contribution is 5.68. The predicted octanol–water partition coefficient (Wildman–Crippen LogP) is 1.69. The highest BCUT2D eigenvalue weighted by atomic mass is 16.6. The van der Waals surface area contributed by atoms with E-state index in [9.17, 15) is 14.4 Å². The van der Waals surface area contributed by atoms with E-state index in [1.54, 1.807) is 25.4 Å². The summed E-state index contributed by atoms with van der Waals surface area (Å²) < 4.78 is 13.2. The number of hydrogen-bond donors (Lipinski definition) is 0. The molecule has 0 unspecified atom stereocenters. The zero-order valence-corrected chi connectivity index (χ0v) is 18.0. The van der Waals surface area contributed by atoms with Crippen molar-refractivity contribution in [2.24, 2.45) is 7.05 Å².